The van der Waals surface area contributed by atoms with E-state index in [2.05, 4.69) is 15.9 Å². The van der Waals surface area contributed by atoms with E-state index in [9.17, 15) is 26.3 Å². The molecule has 0 bridgehead atoms. The van der Waals surface area contributed by atoms with E-state index in [1.54, 1.807) is 0 Å². The molecule has 0 aromatic heterocycles. The highest BCUT2D eigenvalue weighted by Gasteiger charge is 2.39. The molecule has 0 aliphatic rings. The van der Waals surface area contributed by atoms with Crippen molar-refractivity contribution >= 4 is 28.3 Å². The molecule has 18 heavy (non-hydrogen) atoms. The quantitative estimate of drug-likeness (QED) is 0.738. The van der Waals surface area contributed by atoms with Crippen molar-refractivity contribution < 1.29 is 26.3 Å². The van der Waals surface area contributed by atoms with Gasteiger partial charge in [0.15, 0.2) is 0 Å². The molecule has 1 rings (SSSR count). The molecule has 1 aromatic rings. The van der Waals surface area contributed by atoms with Crippen LogP contribution in [0.1, 0.15) is 17.2 Å². The highest BCUT2D eigenvalue weighted by Crippen LogP contribution is 2.36. The predicted octanol–water partition coefficient (Wildman–Crippen LogP) is 4.45. The van der Waals surface area contributed by atoms with Crippen LogP contribution in [0, 0.1) is 0 Å². The highest BCUT2D eigenvalue weighted by atomic mass is 79.9. The zero-order valence-corrected chi connectivity index (χ0v) is 10.8. The Bertz CT molecular complexity index is 416. The van der Waals surface area contributed by atoms with E-state index in [1.807, 2.05) is 0 Å². The molecule has 1 aromatic carbocycles. The van der Waals surface area contributed by atoms with E-state index < -0.39 is 29.5 Å². The Hall–Kier alpha value is -0.470. The van der Waals surface area contributed by atoms with Gasteiger partial charge in [0, 0.05) is 4.47 Å². The number of alkyl halides is 6. The Morgan fingerprint density at radius 1 is 1.00 bits per heavy atom. The van der Waals surface area contributed by atoms with Crippen molar-refractivity contribution in [2.45, 2.75) is 18.4 Å². The lowest BCUT2D eigenvalue weighted by molar-refractivity contribution is -0.150. The third kappa shape index (κ3) is 4.33. The van der Waals surface area contributed by atoms with Gasteiger partial charge in [0.05, 0.1) is 5.56 Å². The van der Waals surface area contributed by atoms with Crippen molar-refractivity contribution in [1.82, 2.24) is 0 Å². The van der Waals surface area contributed by atoms with Gasteiger partial charge >= 0.3 is 12.4 Å². The minimum Gasteiger partial charge on any atom is -0.316 e. The molecule has 0 spiro atoms. The molecule has 0 amide bonds. The predicted molar refractivity (Wildman–Crippen MR) is 59.4 cm³/mol. The number of rotatable bonds is 1. The Morgan fingerprint density at radius 3 is 1.89 bits per heavy atom. The average molecular weight is 359 g/mol. The van der Waals surface area contributed by atoms with E-state index in [-0.39, 0.29) is 16.9 Å². The minimum atomic E-state index is -4.79. The number of nitrogens with two attached hydrogens (primary N) is 1. The fourth-order valence-electron chi connectivity index (χ4n) is 1.14. The lowest BCUT2D eigenvalue weighted by Crippen LogP contribution is -2.28. The summed E-state index contributed by atoms with van der Waals surface area (Å²) in [4.78, 5) is 0. The van der Waals surface area contributed by atoms with E-state index in [1.165, 1.54) is 0 Å². The van der Waals surface area contributed by atoms with Crippen molar-refractivity contribution in [3.05, 3.63) is 33.8 Å². The largest absolute Gasteiger partial charge is 0.416 e. The fraction of sp³-hybridized carbons (Fsp3) is 0.333. The summed E-state index contributed by atoms with van der Waals surface area (Å²) in [5, 5.41) is 0. The Morgan fingerprint density at radius 2 is 1.50 bits per heavy atom. The molecule has 1 atom stereocenters. The van der Waals surface area contributed by atoms with E-state index in [0.29, 0.717) is 12.1 Å². The number of hydrogen-bond acceptors (Lipinski definition) is 1. The van der Waals surface area contributed by atoms with E-state index >= 15 is 0 Å². The van der Waals surface area contributed by atoms with Crippen LogP contribution in [0.15, 0.2) is 22.7 Å². The summed E-state index contributed by atoms with van der Waals surface area (Å²) in [6.45, 7) is 0. The van der Waals surface area contributed by atoms with Gasteiger partial charge < -0.3 is 5.73 Å². The van der Waals surface area contributed by atoms with Crippen molar-refractivity contribution in [1.29, 1.82) is 0 Å². The van der Waals surface area contributed by atoms with Crippen molar-refractivity contribution in [3.63, 3.8) is 0 Å². The first kappa shape index (κ1) is 17.5. The molecular formula is C9H7BrClF6N. The molecule has 1 nitrogen and oxygen atoms in total. The van der Waals surface area contributed by atoms with Gasteiger partial charge in [-0.1, -0.05) is 15.9 Å². The molecule has 0 saturated carbocycles. The van der Waals surface area contributed by atoms with Crippen LogP contribution in [-0.4, -0.2) is 6.18 Å². The second kappa shape index (κ2) is 5.66. The average Bonchev–Trinajstić information content (AvgIpc) is 2.12. The van der Waals surface area contributed by atoms with Gasteiger partial charge in [0.25, 0.3) is 0 Å². The summed E-state index contributed by atoms with van der Waals surface area (Å²) < 4.78 is 73.8. The Kier molecular flexibility index (Phi) is 5.52. The molecule has 0 heterocycles. The van der Waals surface area contributed by atoms with Crippen LogP contribution < -0.4 is 5.73 Å². The molecule has 0 aliphatic carbocycles. The normalized spacial score (nSPS) is 14.0. The molecule has 104 valence electrons. The molecule has 2 N–H and O–H groups in total. The second-order valence-electron chi connectivity index (χ2n) is 3.29. The third-order valence-corrected chi connectivity index (χ3v) is 2.42. The van der Waals surface area contributed by atoms with Crippen LogP contribution in [0.25, 0.3) is 0 Å². The molecular weight excluding hydrogens is 351 g/mol. The van der Waals surface area contributed by atoms with Crippen LogP contribution >= 0.6 is 28.3 Å². The molecule has 0 aliphatic heterocycles. The highest BCUT2D eigenvalue weighted by molar-refractivity contribution is 9.10. The summed E-state index contributed by atoms with van der Waals surface area (Å²) in [6, 6.07) is -0.454. The van der Waals surface area contributed by atoms with Crippen molar-refractivity contribution in [2.75, 3.05) is 0 Å². The maximum atomic E-state index is 12.4. The zero-order chi connectivity index (χ0) is 13.4. The zero-order valence-electron chi connectivity index (χ0n) is 8.44. The van der Waals surface area contributed by atoms with Crippen LogP contribution in [0.4, 0.5) is 26.3 Å². The maximum absolute atomic E-state index is 12.4. The topological polar surface area (TPSA) is 26.0 Å². The second-order valence-corrected chi connectivity index (χ2v) is 4.21. The summed E-state index contributed by atoms with van der Waals surface area (Å²) >= 11 is 2.72. The standard InChI is InChI=1S/C9H6BrF6N.ClH/c10-6-2-4(7(17)9(14,15)16)1-5(3-6)8(11,12)13;/h1-3,7H,17H2;1H/t7-;/m0./s1. The van der Waals surface area contributed by atoms with Crippen LogP contribution in [-0.2, 0) is 6.18 Å². The summed E-state index contributed by atoms with van der Waals surface area (Å²) in [6.07, 6.45) is -9.51. The smallest absolute Gasteiger partial charge is 0.316 e. The fourth-order valence-corrected chi connectivity index (χ4v) is 1.66. The van der Waals surface area contributed by atoms with Gasteiger partial charge in [-0.05, 0) is 23.8 Å². The van der Waals surface area contributed by atoms with Gasteiger partial charge in [-0.25, -0.2) is 0 Å². The van der Waals surface area contributed by atoms with Crippen molar-refractivity contribution in [2.24, 2.45) is 5.73 Å². The van der Waals surface area contributed by atoms with Crippen molar-refractivity contribution in [3.8, 4) is 0 Å². The first-order chi connectivity index (χ1) is 7.51. The van der Waals surface area contributed by atoms with Crippen LogP contribution in [0.5, 0.6) is 0 Å². The first-order valence-electron chi connectivity index (χ1n) is 4.22. The summed E-state index contributed by atoms with van der Waals surface area (Å²) in [5.41, 5.74) is 3.02. The number of halogens is 8. The van der Waals surface area contributed by atoms with E-state index in [0.717, 1.165) is 6.07 Å². The molecule has 0 fully saturated rings. The Balaban J connectivity index is 0.00000289. The summed E-state index contributed by atoms with van der Waals surface area (Å²) in [7, 11) is 0. The maximum Gasteiger partial charge on any atom is 0.416 e. The minimum absolute atomic E-state index is 0. The number of hydrogen-bond donors (Lipinski definition) is 1. The van der Waals surface area contributed by atoms with E-state index in [4.69, 9.17) is 5.73 Å². The summed E-state index contributed by atoms with van der Waals surface area (Å²) in [5.74, 6) is 0. The van der Waals surface area contributed by atoms with Gasteiger partial charge in [0.1, 0.15) is 6.04 Å². The molecule has 9 heteroatoms. The van der Waals surface area contributed by atoms with Gasteiger partial charge in [-0.2, -0.15) is 26.3 Å². The van der Waals surface area contributed by atoms with Gasteiger partial charge in [-0.3, -0.25) is 0 Å². The first-order valence-corrected chi connectivity index (χ1v) is 5.01. The molecule has 0 unspecified atom stereocenters. The number of benzene rings is 1. The van der Waals surface area contributed by atoms with Crippen LogP contribution in [0.2, 0.25) is 0 Å². The lowest BCUT2D eigenvalue weighted by Gasteiger charge is -2.18. The monoisotopic (exact) mass is 357 g/mol. The van der Waals surface area contributed by atoms with Gasteiger partial charge in [0.2, 0.25) is 0 Å². The van der Waals surface area contributed by atoms with Crippen LogP contribution in [0.3, 0.4) is 0 Å². The SMILES string of the molecule is Cl.N[C@@H](c1cc(Br)cc(C(F)(F)F)c1)C(F)(F)F. The Labute approximate surface area is 113 Å². The molecule has 0 saturated heterocycles. The lowest BCUT2D eigenvalue weighted by atomic mass is 10.0. The molecule has 0 radical (unpaired) electrons. The van der Waals surface area contributed by atoms with Gasteiger partial charge in [-0.15, -0.1) is 12.4 Å². The third-order valence-electron chi connectivity index (χ3n) is 1.96.